The van der Waals surface area contributed by atoms with Gasteiger partial charge < -0.3 is 29.3 Å². The number of nitrogens with one attached hydrogen (secondary N) is 2. The van der Waals surface area contributed by atoms with Crippen molar-refractivity contribution >= 4 is 88.5 Å². The summed E-state index contributed by atoms with van der Waals surface area (Å²) in [5.41, 5.74) is 7.71. The molecule has 0 aliphatic heterocycles. The maximum absolute atomic E-state index is 16.2. The number of hydrogen-bond acceptors (Lipinski definition) is 12. The number of carbonyl (C=O) groups is 2. The highest BCUT2D eigenvalue weighted by Gasteiger charge is 2.32. The summed E-state index contributed by atoms with van der Waals surface area (Å²) in [6.07, 6.45) is 2.44. The first kappa shape index (κ1) is 68.3. The summed E-state index contributed by atoms with van der Waals surface area (Å²) in [4.78, 5) is 36.3. The lowest BCUT2D eigenvalue weighted by molar-refractivity contribution is 0.0693. The lowest BCUT2D eigenvalue weighted by Crippen LogP contribution is -2.25. The van der Waals surface area contributed by atoms with E-state index in [1.54, 1.807) is 60.7 Å². The number of furan rings is 2. The maximum atomic E-state index is 16.2. The lowest BCUT2D eigenvalue weighted by atomic mass is 9.97. The van der Waals surface area contributed by atoms with Crippen molar-refractivity contribution in [3.05, 3.63) is 249 Å². The second kappa shape index (κ2) is 27.7. The van der Waals surface area contributed by atoms with Gasteiger partial charge in [-0.1, -0.05) is 66.7 Å². The number of alkyl halides is 2. The van der Waals surface area contributed by atoms with Gasteiger partial charge in [-0.05, 0) is 125 Å². The zero-order valence-corrected chi connectivity index (χ0v) is 55.6. The van der Waals surface area contributed by atoms with E-state index in [1.165, 1.54) is 113 Å². The molecule has 0 saturated carbocycles. The molecule has 4 aromatic heterocycles. The Morgan fingerprint density at radius 2 is 0.990 bits per heavy atom. The minimum atomic E-state index is -3.84. The molecule has 4 heterocycles. The number of rotatable bonds is 19. The Bertz CT molecular complexity index is 5320. The Hall–Kier alpha value is -10.7. The van der Waals surface area contributed by atoms with Gasteiger partial charge >= 0.3 is 0 Å². The topological polar surface area (TPSA) is 214 Å². The van der Waals surface area contributed by atoms with Gasteiger partial charge in [0.15, 0.2) is 12.3 Å². The van der Waals surface area contributed by atoms with Crippen LogP contribution in [-0.4, -0.2) is 97.6 Å². The average molecular weight is 1390 g/mol. The maximum Gasteiger partial charge on any atom is 0.255 e. The van der Waals surface area contributed by atoms with Crippen LogP contribution in [0.5, 0.6) is 0 Å². The SMILES string of the molecule is CNC(=O)c1c(-c2ccc(F)cc2)oc2cc(N(C)S(C)(=O)=O)c(-c3ccc(C(F)CO)c(C4=Cc5c(F)cccc5C4)n3)cc12.CNC(=O)c1c(-c2ccc(F)cc2)oc2cc(N(C)S(C)(=O)=O)c(-c3ccc(C(F)COCc4ccccc4)c(C4=Cc5c(F)cccc5C4)n3)cc12. The van der Waals surface area contributed by atoms with Gasteiger partial charge in [-0.15, -0.1) is 0 Å². The van der Waals surface area contributed by atoms with Crippen molar-refractivity contribution in [1.29, 1.82) is 0 Å². The van der Waals surface area contributed by atoms with E-state index < -0.39 is 74.1 Å². The van der Waals surface area contributed by atoms with E-state index in [1.807, 2.05) is 30.3 Å². The van der Waals surface area contributed by atoms with Gasteiger partial charge in [0.1, 0.15) is 46.0 Å². The first-order valence-corrected chi connectivity index (χ1v) is 34.6. The number of fused-ring (bicyclic) bond motifs is 4. The Morgan fingerprint density at radius 1 is 0.566 bits per heavy atom. The summed E-state index contributed by atoms with van der Waals surface area (Å²) in [6.45, 7) is -0.892. The van der Waals surface area contributed by atoms with Crippen LogP contribution in [0.15, 0.2) is 173 Å². The molecule has 2 aliphatic carbocycles. The van der Waals surface area contributed by atoms with E-state index in [0.717, 1.165) is 32.2 Å². The summed E-state index contributed by atoms with van der Waals surface area (Å²) in [5, 5.41) is 15.5. The fourth-order valence-electron chi connectivity index (χ4n) is 12.1. The highest BCUT2D eigenvalue weighted by molar-refractivity contribution is 7.92. The molecule has 2 atom stereocenters. The molecule has 7 aromatic carbocycles. The molecule has 3 N–H and O–H groups in total. The Morgan fingerprint density at radius 3 is 1.38 bits per heavy atom. The number of carbonyl (C=O) groups excluding carboxylic acids is 2. The van der Waals surface area contributed by atoms with Crippen molar-refractivity contribution in [2.45, 2.75) is 31.8 Å². The van der Waals surface area contributed by atoms with Crippen LogP contribution in [0.4, 0.5) is 37.7 Å². The third-order valence-electron chi connectivity index (χ3n) is 17.3. The third kappa shape index (κ3) is 13.7. The van der Waals surface area contributed by atoms with Crippen LogP contribution in [0.25, 0.3) is 90.4 Å². The second-order valence-electron chi connectivity index (χ2n) is 23.7. The molecule has 0 radical (unpaired) electrons. The van der Waals surface area contributed by atoms with E-state index in [2.05, 4.69) is 10.6 Å². The number of aliphatic hydroxyl groups is 1. The standard InChI is InChI=1S/C41H34F3N3O5S.C34H28F3N3O5S/c1-45-41(48)38-32-20-31(36(47(2)53(3,49)50)21-37(32)52-40(38)25-12-14-28(42)15-13-25)35-17-16-29(34(44)23-51-22-24-8-5-4-6-9-24)39(46-35)27-18-26-10-7-11-33(43)30(26)19-27;1-38-34(42)31-25-15-24(29(40(2)46(3,43)44)16-30(25)45-33(31)18-7-9-21(35)10-8-18)28-12-11-22(27(37)17-41)32(39-28)20-13-19-5-4-6-26(36)23(19)14-20/h4-17,19-21,34H,18,22-23H2,1-3H3,(H,45,48);4-12,14-16,27,41H,13,17H2,1-3H3,(H,38,42). The third-order valence-corrected chi connectivity index (χ3v) is 19.7. The van der Waals surface area contributed by atoms with Crippen LogP contribution in [-0.2, 0) is 44.2 Å². The molecule has 24 heteroatoms. The number of benzene rings is 7. The number of pyridine rings is 2. The normalized spacial score (nSPS) is 13.3. The lowest BCUT2D eigenvalue weighted by Gasteiger charge is -2.21. The molecule has 0 spiro atoms. The van der Waals surface area contributed by atoms with Crippen LogP contribution in [0.1, 0.15) is 83.4 Å². The molecular weight excluding hydrogens is 1320 g/mol. The fourth-order valence-corrected chi connectivity index (χ4v) is 13.1. The minimum absolute atomic E-state index is 0.0813. The number of amides is 2. The van der Waals surface area contributed by atoms with Gasteiger partial charge in [0, 0.05) is 108 Å². The Kier molecular flexibility index (Phi) is 19.1. The van der Waals surface area contributed by atoms with Crippen molar-refractivity contribution in [2.24, 2.45) is 0 Å². The van der Waals surface area contributed by atoms with Crippen LogP contribution in [0.3, 0.4) is 0 Å². The summed E-state index contributed by atoms with van der Waals surface area (Å²) in [6, 6.07) is 41.8. The molecule has 0 bridgehead atoms. The van der Waals surface area contributed by atoms with E-state index in [4.69, 9.17) is 23.5 Å². The van der Waals surface area contributed by atoms with Crippen LogP contribution < -0.4 is 19.2 Å². The van der Waals surface area contributed by atoms with E-state index in [0.29, 0.717) is 55.3 Å². The van der Waals surface area contributed by atoms with Crippen LogP contribution in [0, 0.1) is 23.3 Å². The van der Waals surface area contributed by atoms with E-state index >= 15 is 8.78 Å². The molecule has 11 aromatic rings. The van der Waals surface area contributed by atoms with Gasteiger partial charge in [-0.25, -0.2) is 53.1 Å². The van der Waals surface area contributed by atoms with Crippen molar-refractivity contribution in [3.63, 3.8) is 0 Å². The zero-order chi connectivity index (χ0) is 70.4. The first-order chi connectivity index (χ1) is 47.3. The van der Waals surface area contributed by atoms with Gasteiger partial charge in [-0.3, -0.25) is 18.2 Å². The molecule has 0 saturated heterocycles. The molecule has 2 aliphatic rings. The molecule has 99 heavy (non-hydrogen) atoms. The molecule has 13 rings (SSSR count). The number of sulfonamides is 2. The van der Waals surface area contributed by atoms with Crippen molar-refractivity contribution in [3.8, 4) is 45.2 Å². The second-order valence-corrected chi connectivity index (χ2v) is 27.7. The molecule has 2 amide bonds. The number of nitrogens with zero attached hydrogens (tertiary/aromatic N) is 4. The van der Waals surface area contributed by atoms with Crippen LogP contribution >= 0.6 is 0 Å². The van der Waals surface area contributed by atoms with Crippen molar-refractivity contribution in [1.82, 2.24) is 20.6 Å². The number of aromatic nitrogens is 2. The summed E-state index contributed by atoms with van der Waals surface area (Å²) in [7, 11) is -2.05. The fraction of sp³-hybridized carbons (Fsp3) is 0.173. The number of anilines is 2. The van der Waals surface area contributed by atoms with Gasteiger partial charge in [0.2, 0.25) is 20.0 Å². The number of halogens is 6. The van der Waals surface area contributed by atoms with Crippen LogP contribution in [0.2, 0.25) is 0 Å². The van der Waals surface area contributed by atoms with Gasteiger partial charge in [0.25, 0.3) is 11.8 Å². The van der Waals surface area contributed by atoms with E-state index in [-0.39, 0.29) is 111 Å². The average Bonchev–Trinajstić information content (AvgIpc) is 1.66. The van der Waals surface area contributed by atoms with Gasteiger partial charge in [0.05, 0.1) is 77.6 Å². The number of ether oxygens (including phenoxy) is 1. The summed E-state index contributed by atoms with van der Waals surface area (Å²) in [5.74, 6) is -2.51. The zero-order valence-electron chi connectivity index (χ0n) is 53.9. The molecule has 506 valence electrons. The molecule has 0 fully saturated rings. The number of hydrogen-bond donors (Lipinski definition) is 3. The molecule has 2 unspecified atom stereocenters. The predicted octanol–water partition coefficient (Wildman–Crippen LogP) is 14.8. The number of aliphatic hydroxyl groups excluding tert-OH is 1. The Labute approximate surface area is 565 Å². The Balaban J connectivity index is 0.000000190. The number of allylic oxidation sites excluding steroid dienone is 2. The predicted molar refractivity (Wildman–Crippen MR) is 370 cm³/mol. The van der Waals surface area contributed by atoms with Crippen molar-refractivity contribution < 1.29 is 71.4 Å². The quantitative estimate of drug-likeness (QED) is 0.0645. The van der Waals surface area contributed by atoms with Gasteiger partial charge in [-0.2, -0.15) is 0 Å². The highest BCUT2D eigenvalue weighted by atomic mass is 32.2. The largest absolute Gasteiger partial charge is 0.455 e. The summed E-state index contributed by atoms with van der Waals surface area (Å²) >= 11 is 0. The van der Waals surface area contributed by atoms with Crippen molar-refractivity contribution in [2.75, 3.05) is 62.5 Å². The summed E-state index contributed by atoms with van der Waals surface area (Å²) < 4.78 is 160. The molecule has 16 nitrogen and oxygen atoms in total. The molecular formula is C75H62F6N6O10S2. The monoisotopic (exact) mass is 1380 g/mol. The van der Waals surface area contributed by atoms with E-state index in [9.17, 15) is 49.1 Å². The highest BCUT2D eigenvalue weighted by Crippen LogP contribution is 2.46. The first-order valence-electron chi connectivity index (χ1n) is 30.9. The smallest absolute Gasteiger partial charge is 0.255 e. The minimum Gasteiger partial charge on any atom is -0.455 e.